The normalized spacial score (nSPS) is 10.1. The van der Waals surface area contributed by atoms with Crippen LogP contribution in [0.2, 0.25) is 0 Å². The van der Waals surface area contributed by atoms with E-state index in [1.54, 1.807) is 0 Å². The van der Waals surface area contributed by atoms with Crippen molar-refractivity contribution in [1.29, 1.82) is 0 Å². The van der Waals surface area contributed by atoms with Gasteiger partial charge in [-0.05, 0) is 5.92 Å². The van der Waals surface area contributed by atoms with E-state index in [1.807, 2.05) is 0 Å². The van der Waals surface area contributed by atoms with Crippen LogP contribution in [0.3, 0.4) is 0 Å². The maximum Gasteiger partial charge on any atom is 0.323 e. The van der Waals surface area contributed by atoms with Gasteiger partial charge in [-0.25, -0.2) is 4.79 Å². The number of rotatable bonds is 6. The quantitative estimate of drug-likeness (QED) is 0.699. The van der Waals surface area contributed by atoms with Crippen molar-refractivity contribution in [2.45, 2.75) is 26.7 Å². The van der Waals surface area contributed by atoms with Crippen LogP contribution in [0, 0.1) is 5.92 Å². The van der Waals surface area contributed by atoms with E-state index < -0.39 is 5.97 Å². The Morgan fingerprint density at radius 1 is 1.33 bits per heavy atom. The average Bonchev–Trinajstić information content (AvgIpc) is 2.18. The number of nitrogens with zero attached hydrogens (tertiary/aromatic N) is 1. The van der Waals surface area contributed by atoms with E-state index in [1.165, 1.54) is 7.05 Å². The first kappa shape index (κ1) is 13.7. The molecule has 0 spiro atoms. The maximum absolute atomic E-state index is 11.4. The molecular weight excluding hydrogens is 196 g/mol. The number of carboxylic acid groups (broad SMARTS) is 1. The summed E-state index contributed by atoms with van der Waals surface area (Å²) in [4.78, 5) is 22.9. The van der Waals surface area contributed by atoms with Crippen LogP contribution in [-0.2, 0) is 4.79 Å². The minimum absolute atomic E-state index is 0.269. The van der Waals surface area contributed by atoms with Gasteiger partial charge in [0.1, 0.15) is 6.54 Å². The maximum atomic E-state index is 11.4. The Kier molecular flexibility index (Phi) is 6.49. The minimum Gasteiger partial charge on any atom is -0.480 e. The summed E-state index contributed by atoms with van der Waals surface area (Å²) in [6, 6.07) is -0.329. The van der Waals surface area contributed by atoms with Crippen LogP contribution in [-0.4, -0.2) is 42.1 Å². The van der Waals surface area contributed by atoms with Gasteiger partial charge in [-0.1, -0.05) is 26.7 Å². The first-order chi connectivity index (χ1) is 7.01. The molecule has 0 heterocycles. The van der Waals surface area contributed by atoms with Crippen LogP contribution in [0.25, 0.3) is 0 Å². The van der Waals surface area contributed by atoms with E-state index in [-0.39, 0.29) is 12.6 Å². The van der Waals surface area contributed by atoms with Crippen LogP contribution in [0.4, 0.5) is 4.79 Å². The molecule has 0 aromatic heterocycles. The van der Waals surface area contributed by atoms with Gasteiger partial charge >= 0.3 is 12.0 Å². The zero-order chi connectivity index (χ0) is 11.8. The first-order valence-electron chi connectivity index (χ1n) is 5.21. The van der Waals surface area contributed by atoms with Crippen molar-refractivity contribution in [2.75, 3.05) is 20.1 Å². The molecule has 0 aromatic rings. The molecule has 0 saturated carbocycles. The third kappa shape index (κ3) is 5.93. The molecule has 0 unspecified atom stereocenters. The molecule has 0 rings (SSSR count). The highest BCUT2D eigenvalue weighted by Gasteiger charge is 2.12. The highest BCUT2D eigenvalue weighted by Crippen LogP contribution is 2.05. The fourth-order valence-corrected chi connectivity index (χ4v) is 1.22. The van der Waals surface area contributed by atoms with Crippen molar-refractivity contribution >= 4 is 12.0 Å². The number of hydrogen-bond donors (Lipinski definition) is 2. The fraction of sp³-hybridized carbons (Fsp3) is 0.800. The van der Waals surface area contributed by atoms with Crippen LogP contribution in [0.15, 0.2) is 0 Å². The highest BCUT2D eigenvalue weighted by atomic mass is 16.4. The molecule has 5 nitrogen and oxygen atoms in total. The molecule has 15 heavy (non-hydrogen) atoms. The lowest BCUT2D eigenvalue weighted by Crippen LogP contribution is -2.41. The number of hydrogen-bond acceptors (Lipinski definition) is 2. The summed E-state index contributed by atoms with van der Waals surface area (Å²) < 4.78 is 0. The lowest BCUT2D eigenvalue weighted by molar-refractivity contribution is -0.137. The lowest BCUT2D eigenvalue weighted by Gasteiger charge is -2.18. The van der Waals surface area contributed by atoms with Gasteiger partial charge in [-0.2, -0.15) is 0 Å². The van der Waals surface area contributed by atoms with Gasteiger partial charge in [0.15, 0.2) is 0 Å². The molecule has 0 aromatic carbocycles. The molecule has 0 fully saturated rings. The van der Waals surface area contributed by atoms with Crippen molar-refractivity contribution in [1.82, 2.24) is 10.2 Å². The van der Waals surface area contributed by atoms with Crippen molar-refractivity contribution in [3.8, 4) is 0 Å². The van der Waals surface area contributed by atoms with Crippen molar-refractivity contribution in [3.05, 3.63) is 0 Å². The fourth-order valence-electron chi connectivity index (χ4n) is 1.22. The van der Waals surface area contributed by atoms with Crippen LogP contribution >= 0.6 is 0 Å². The molecule has 88 valence electrons. The number of aliphatic carboxylic acids is 1. The molecule has 0 saturated heterocycles. The SMILES string of the molecule is CCC(CC)CNC(=O)N(C)CC(=O)O. The number of nitrogens with one attached hydrogen (secondary N) is 1. The Morgan fingerprint density at radius 2 is 1.87 bits per heavy atom. The Labute approximate surface area is 90.5 Å². The van der Waals surface area contributed by atoms with Gasteiger partial charge < -0.3 is 15.3 Å². The molecule has 0 radical (unpaired) electrons. The summed E-state index contributed by atoms with van der Waals surface area (Å²) in [5.41, 5.74) is 0. The summed E-state index contributed by atoms with van der Waals surface area (Å²) in [7, 11) is 1.47. The highest BCUT2D eigenvalue weighted by molar-refractivity contribution is 5.79. The second-order valence-electron chi connectivity index (χ2n) is 3.62. The van der Waals surface area contributed by atoms with E-state index in [0.717, 1.165) is 17.7 Å². The molecule has 0 aliphatic rings. The average molecular weight is 216 g/mol. The van der Waals surface area contributed by atoms with E-state index in [9.17, 15) is 9.59 Å². The second kappa shape index (κ2) is 7.09. The third-order valence-corrected chi connectivity index (χ3v) is 2.42. The van der Waals surface area contributed by atoms with E-state index in [2.05, 4.69) is 19.2 Å². The predicted molar refractivity (Wildman–Crippen MR) is 57.7 cm³/mol. The van der Waals surface area contributed by atoms with Crippen LogP contribution < -0.4 is 5.32 Å². The van der Waals surface area contributed by atoms with Gasteiger partial charge in [-0.3, -0.25) is 4.79 Å². The summed E-state index contributed by atoms with van der Waals surface area (Å²) in [6.45, 7) is 4.48. The van der Waals surface area contributed by atoms with Gasteiger partial charge in [0.05, 0.1) is 0 Å². The van der Waals surface area contributed by atoms with E-state index >= 15 is 0 Å². The van der Waals surface area contributed by atoms with Gasteiger partial charge in [0.25, 0.3) is 0 Å². The Hall–Kier alpha value is -1.26. The number of carbonyl (C=O) groups excluding carboxylic acids is 1. The molecule has 0 aliphatic heterocycles. The third-order valence-electron chi connectivity index (χ3n) is 2.42. The molecular formula is C10H20N2O3. The summed E-state index contributed by atoms with van der Waals surface area (Å²) >= 11 is 0. The summed E-state index contributed by atoms with van der Waals surface area (Å²) in [5, 5.41) is 11.2. The molecule has 5 heteroatoms. The molecule has 0 atom stereocenters. The number of carboxylic acids is 1. The molecule has 2 N–H and O–H groups in total. The van der Waals surface area contributed by atoms with Crippen LogP contribution in [0.5, 0.6) is 0 Å². The molecule has 0 aliphatic carbocycles. The monoisotopic (exact) mass is 216 g/mol. The van der Waals surface area contributed by atoms with E-state index in [4.69, 9.17) is 5.11 Å². The lowest BCUT2D eigenvalue weighted by atomic mass is 10.0. The molecule has 0 bridgehead atoms. The van der Waals surface area contributed by atoms with Gasteiger partial charge in [0.2, 0.25) is 0 Å². The number of amides is 2. The Morgan fingerprint density at radius 3 is 2.27 bits per heavy atom. The van der Waals surface area contributed by atoms with Crippen molar-refractivity contribution < 1.29 is 14.7 Å². The summed E-state index contributed by atoms with van der Waals surface area (Å²) in [5.74, 6) is -0.539. The molecule has 2 amide bonds. The topological polar surface area (TPSA) is 69.6 Å². The number of urea groups is 1. The number of likely N-dealkylation sites (N-methyl/N-ethyl adjacent to an activating group) is 1. The largest absolute Gasteiger partial charge is 0.480 e. The van der Waals surface area contributed by atoms with Crippen molar-refractivity contribution in [2.24, 2.45) is 5.92 Å². The zero-order valence-electron chi connectivity index (χ0n) is 9.62. The number of carbonyl (C=O) groups is 2. The standard InChI is InChI=1S/C10H20N2O3/c1-4-8(5-2)6-11-10(15)12(3)7-9(13)14/h8H,4-7H2,1-3H3,(H,11,15)(H,13,14). The van der Waals surface area contributed by atoms with Crippen LogP contribution in [0.1, 0.15) is 26.7 Å². The predicted octanol–water partition coefficient (Wildman–Crippen LogP) is 1.15. The Balaban J connectivity index is 3.86. The smallest absolute Gasteiger partial charge is 0.323 e. The summed E-state index contributed by atoms with van der Waals surface area (Å²) in [6.07, 6.45) is 2.03. The Bertz CT molecular complexity index is 215. The minimum atomic E-state index is -1.00. The van der Waals surface area contributed by atoms with E-state index in [0.29, 0.717) is 12.5 Å². The van der Waals surface area contributed by atoms with Gasteiger partial charge in [-0.15, -0.1) is 0 Å². The first-order valence-corrected chi connectivity index (χ1v) is 5.21. The van der Waals surface area contributed by atoms with Crippen molar-refractivity contribution in [3.63, 3.8) is 0 Å². The zero-order valence-corrected chi connectivity index (χ0v) is 9.62. The second-order valence-corrected chi connectivity index (χ2v) is 3.62. The van der Waals surface area contributed by atoms with Gasteiger partial charge in [0, 0.05) is 13.6 Å².